The van der Waals surface area contributed by atoms with E-state index in [1.54, 1.807) is 0 Å². The van der Waals surface area contributed by atoms with Gasteiger partial charge in [-0.3, -0.25) is 4.79 Å². The second-order valence-corrected chi connectivity index (χ2v) is 13.4. The lowest BCUT2D eigenvalue weighted by Gasteiger charge is -2.06. The normalized spacial score (nSPS) is 12.0. The summed E-state index contributed by atoms with van der Waals surface area (Å²) in [7, 11) is 0. The molecule has 3 nitrogen and oxygen atoms in total. The van der Waals surface area contributed by atoms with Crippen LogP contribution >= 0.6 is 0 Å². The molecule has 2 aromatic carbocycles. The van der Waals surface area contributed by atoms with E-state index in [0.29, 0.717) is 0 Å². The van der Waals surface area contributed by atoms with E-state index in [0.717, 1.165) is 57.6 Å². The van der Waals surface area contributed by atoms with Crippen molar-refractivity contribution in [3.05, 3.63) is 96.6 Å². The lowest BCUT2D eigenvalue weighted by Crippen LogP contribution is -2.32. The molecule has 0 atom stereocenters. The number of hydrogen-bond acceptors (Lipinski definition) is 1. The van der Waals surface area contributed by atoms with Gasteiger partial charge in [-0.25, -0.2) is 9.13 Å². The summed E-state index contributed by atoms with van der Waals surface area (Å²) in [5.74, 6) is 0.134. The van der Waals surface area contributed by atoms with Crippen molar-refractivity contribution in [1.82, 2.24) is 0 Å². The smallest absolute Gasteiger partial charge is 0.194 e. The summed E-state index contributed by atoms with van der Waals surface area (Å²) in [4.78, 5) is 13.6. The molecule has 2 heterocycles. The molecule has 242 valence electrons. The van der Waals surface area contributed by atoms with E-state index < -0.39 is 0 Å². The molecule has 1 aliphatic rings. The van der Waals surface area contributed by atoms with Gasteiger partial charge in [-0.15, -0.1) is 0 Å². The number of hydrogen-bond donors (Lipinski definition) is 0. The average Bonchev–Trinajstić information content (AvgIpc) is 3.38. The number of fused-ring (bicyclic) bond motifs is 3. The van der Waals surface area contributed by atoms with Gasteiger partial charge in [0.15, 0.2) is 30.6 Å². The van der Waals surface area contributed by atoms with Gasteiger partial charge < -0.3 is 0 Å². The fourth-order valence-electron chi connectivity index (χ4n) is 6.89. The third kappa shape index (κ3) is 9.24. The van der Waals surface area contributed by atoms with E-state index in [1.165, 1.54) is 103 Å². The maximum Gasteiger partial charge on any atom is 0.194 e. The number of rotatable bonds is 20. The van der Waals surface area contributed by atoms with Crippen LogP contribution in [0.15, 0.2) is 85.5 Å². The molecule has 46 heavy (non-hydrogen) atoms. The molecule has 0 saturated heterocycles. The first-order valence-electron chi connectivity index (χ1n) is 18.5. The SMILES string of the molecule is CCCCCCCCCC[n+]1ccc(-c2ccc3c(c2)C(=O)c2cc(-c4cc[n+](CCCCCCCCCC)cc4)ccc2-3)cc1. The van der Waals surface area contributed by atoms with E-state index in [2.05, 4.69) is 108 Å². The Morgan fingerprint density at radius 2 is 0.739 bits per heavy atom. The summed E-state index contributed by atoms with van der Waals surface area (Å²) in [6.45, 7) is 6.68. The van der Waals surface area contributed by atoms with Crippen LogP contribution in [-0.4, -0.2) is 5.78 Å². The topological polar surface area (TPSA) is 24.8 Å². The Bertz CT molecular complexity index is 1400. The number of unbranched alkanes of at least 4 members (excludes halogenated alkanes) is 14. The third-order valence-electron chi connectivity index (χ3n) is 9.81. The zero-order valence-corrected chi connectivity index (χ0v) is 28.6. The number of carbonyl (C=O) groups excluding carboxylic acids is 1. The van der Waals surface area contributed by atoms with Crippen LogP contribution in [0.25, 0.3) is 33.4 Å². The quantitative estimate of drug-likeness (QED) is 0.0631. The molecule has 0 saturated carbocycles. The highest BCUT2D eigenvalue weighted by Crippen LogP contribution is 2.40. The first-order chi connectivity index (χ1) is 22.7. The van der Waals surface area contributed by atoms with Gasteiger partial charge >= 0.3 is 0 Å². The van der Waals surface area contributed by atoms with Gasteiger partial charge in [-0.05, 0) is 58.4 Å². The van der Waals surface area contributed by atoms with Crippen LogP contribution < -0.4 is 9.13 Å². The monoisotopic (exact) mass is 616 g/mol. The van der Waals surface area contributed by atoms with Gasteiger partial charge in [0.25, 0.3) is 0 Å². The first-order valence-corrected chi connectivity index (χ1v) is 18.5. The zero-order valence-electron chi connectivity index (χ0n) is 28.6. The van der Waals surface area contributed by atoms with Crippen LogP contribution in [0, 0.1) is 0 Å². The molecular formula is C43H56N2O+2. The predicted molar refractivity (Wildman–Crippen MR) is 192 cm³/mol. The van der Waals surface area contributed by atoms with Gasteiger partial charge in [0.1, 0.15) is 13.1 Å². The number of carbonyl (C=O) groups is 1. The lowest BCUT2D eigenvalue weighted by molar-refractivity contribution is -0.697. The molecule has 0 bridgehead atoms. The van der Waals surface area contributed by atoms with E-state index in [-0.39, 0.29) is 5.78 Å². The van der Waals surface area contributed by atoms with Crippen molar-refractivity contribution in [3.8, 4) is 33.4 Å². The number of pyridine rings is 2. The van der Waals surface area contributed by atoms with Crippen molar-refractivity contribution >= 4 is 5.78 Å². The van der Waals surface area contributed by atoms with Crippen LogP contribution in [0.3, 0.4) is 0 Å². The molecule has 1 aliphatic carbocycles. The Balaban J connectivity index is 1.13. The van der Waals surface area contributed by atoms with Crippen molar-refractivity contribution in [3.63, 3.8) is 0 Å². The molecule has 5 rings (SSSR count). The average molecular weight is 617 g/mol. The minimum atomic E-state index is 0.134. The fourth-order valence-corrected chi connectivity index (χ4v) is 6.89. The lowest BCUT2D eigenvalue weighted by atomic mass is 9.98. The van der Waals surface area contributed by atoms with Crippen LogP contribution in [0.4, 0.5) is 0 Å². The molecule has 2 aromatic heterocycles. The minimum Gasteiger partial charge on any atom is -0.289 e. The summed E-state index contributed by atoms with van der Waals surface area (Å²) in [5, 5.41) is 0. The highest BCUT2D eigenvalue weighted by atomic mass is 16.1. The van der Waals surface area contributed by atoms with Crippen LogP contribution in [0.2, 0.25) is 0 Å². The number of ketones is 1. The Kier molecular flexibility index (Phi) is 13.2. The molecule has 3 heteroatoms. The highest BCUT2D eigenvalue weighted by Gasteiger charge is 2.27. The summed E-state index contributed by atoms with van der Waals surface area (Å²) in [5.41, 5.74) is 8.24. The maximum atomic E-state index is 13.6. The number of benzene rings is 2. The van der Waals surface area contributed by atoms with E-state index >= 15 is 0 Å². The summed E-state index contributed by atoms with van der Waals surface area (Å²) in [6.07, 6.45) is 30.2. The molecule has 0 unspecified atom stereocenters. The van der Waals surface area contributed by atoms with Crippen molar-refractivity contribution in [2.24, 2.45) is 0 Å². The van der Waals surface area contributed by atoms with Gasteiger partial charge in [0.2, 0.25) is 0 Å². The zero-order chi connectivity index (χ0) is 32.0. The second kappa shape index (κ2) is 17.9. The Hall–Kier alpha value is -3.59. The largest absolute Gasteiger partial charge is 0.289 e. The highest BCUT2D eigenvalue weighted by molar-refractivity contribution is 6.22. The van der Waals surface area contributed by atoms with Crippen molar-refractivity contribution in [1.29, 1.82) is 0 Å². The summed E-state index contributed by atoms with van der Waals surface area (Å²) in [6, 6.07) is 21.5. The van der Waals surface area contributed by atoms with E-state index in [1.807, 2.05) is 0 Å². The summed E-state index contributed by atoms with van der Waals surface area (Å²) >= 11 is 0. The number of aromatic nitrogens is 2. The number of nitrogens with zero attached hydrogens (tertiary/aromatic N) is 2. The second-order valence-electron chi connectivity index (χ2n) is 13.4. The van der Waals surface area contributed by atoms with Crippen LogP contribution in [0.1, 0.15) is 133 Å². The summed E-state index contributed by atoms with van der Waals surface area (Å²) < 4.78 is 4.58. The Labute approximate surface area is 278 Å². The molecule has 0 aliphatic heterocycles. The minimum absolute atomic E-state index is 0.134. The number of aryl methyl sites for hydroxylation is 2. The third-order valence-corrected chi connectivity index (χ3v) is 9.81. The van der Waals surface area contributed by atoms with Gasteiger partial charge in [0.05, 0.1) is 0 Å². The fraction of sp³-hybridized carbons (Fsp3) is 0.465. The maximum absolute atomic E-state index is 13.6. The molecular weight excluding hydrogens is 560 g/mol. The first kappa shape index (κ1) is 33.8. The van der Waals surface area contributed by atoms with Crippen LogP contribution in [-0.2, 0) is 13.1 Å². The van der Waals surface area contributed by atoms with Crippen LogP contribution in [0.5, 0.6) is 0 Å². The van der Waals surface area contributed by atoms with E-state index in [4.69, 9.17) is 0 Å². The van der Waals surface area contributed by atoms with Gasteiger partial charge in [-0.1, -0.05) is 115 Å². The predicted octanol–water partition coefficient (Wildman–Crippen LogP) is 11.1. The molecule has 0 amide bonds. The van der Waals surface area contributed by atoms with Gasteiger partial charge in [0, 0.05) is 48.2 Å². The van der Waals surface area contributed by atoms with Crippen molar-refractivity contribution < 1.29 is 13.9 Å². The molecule has 0 spiro atoms. The molecule has 0 fully saturated rings. The van der Waals surface area contributed by atoms with Crippen molar-refractivity contribution in [2.75, 3.05) is 0 Å². The Morgan fingerprint density at radius 3 is 1.11 bits per heavy atom. The Morgan fingerprint density at radius 1 is 0.391 bits per heavy atom. The van der Waals surface area contributed by atoms with Gasteiger partial charge in [-0.2, -0.15) is 0 Å². The van der Waals surface area contributed by atoms with E-state index in [9.17, 15) is 4.79 Å². The molecule has 0 radical (unpaired) electrons. The van der Waals surface area contributed by atoms with Crippen molar-refractivity contribution in [2.45, 2.75) is 130 Å². The molecule has 0 N–H and O–H groups in total. The molecule has 4 aromatic rings. The standard InChI is InChI=1S/C43H56N2O/c1-3-5-7-9-11-13-15-17-27-44-29-23-35(24-30-44)37-19-21-39-40-22-20-38(34-42(40)43(46)41(39)33-37)36-25-31-45(32-26-36)28-18-16-14-12-10-8-6-4-2/h19-26,29-34H,3-18,27-28H2,1-2H3/q+2.